The molecule has 5 heteroatoms. The maximum atomic E-state index is 5.49. The van der Waals surface area contributed by atoms with Crippen molar-refractivity contribution < 1.29 is 9.72 Å². The lowest BCUT2D eigenvalue weighted by molar-refractivity contribution is -0.364. The lowest BCUT2D eigenvalue weighted by atomic mass is 9.99. The Balaban J connectivity index is 1.57. The Morgan fingerprint density at radius 1 is 1.56 bits per heavy atom. The van der Waals surface area contributed by atoms with Gasteiger partial charge in [-0.1, -0.05) is 4.98 Å². The maximum Gasteiger partial charge on any atom is 0.231 e. The van der Waals surface area contributed by atoms with E-state index in [1.807, 2.05) is 12.3 Å². The summed E-state index contributed by atoms with van der Waals surface area (Å²) in [6, 6.07) is 2.03. The average molecular weight is 247 g/mol. The predicted molar refractivity (Wildman–Crippen MR) is 69.3 cm³/mol. The zero-order chi connectivity index (χ0) is 12.2. The van der Waals surface area contributed by atoms with Crippen molar-refractivity contribution >= 4 is 16.9 Å². The van der Waals surface area contributed by atoms with Gasteiger partial charge in [-0.15, -0.1) is 0 Å². The van der Waals surface area contributed by atoms with E-state index < -0.39 is 0 Å². The van der Waals surface area contributed by atoms with Crippen molar-refractivity contribution in [3.8, 4) is 0 Å². The molecule has 1 fully saturated rings. The quantitative estimate of drug-likeness (QED) is 0.862. The van der Waals surface area contributed by atoms with Gasteiger partial charge in [-0.05, 0) is 31.2 Å². The molecule has 0 aromatic carbocycles. The smallest absolute Gasteiger partial charge is 0.231 e. The van der Waals surface area contributed by atoms with E-state index in [4.69, 9.17) is 4.74 Å². The molecular weight excluding hydrogens is 228 g/mol. The van der Waals surface area contributed by atoms with Crippen molar-refractivity contribution in [2.24, 2.45) is 5.92 Å². The minimum Gasteiger partial charge on any atom is -0.381 e. The third kappa shape index (κ3) is 2.46. The van der Waals surface area contributed by atoms with Crippen molar-refractivity contribution in [2.75, 3.05) is 25.1 Å². The third-order valence-corrected chi connectivity index (χ3v) is 3.51. The molecule has 0 bridgehead atoms. The Morgan fingerprint density at radius 2 is 2.56 bits per heavy atom. The highest BCUT2D eigenvalue weighted by molar-refractivity contribution is 5.84. The van der Waals surface area contributed by atoms with Crippen LogP contribution in [0, 0.1) is 5.92 Å². The van der Waals surface area contributed by atoms with E-state index in [0.29, 0.717) is 5.92 Å². The minimum absolute atomic E-state index is 0.704. The topological polar surface area (TPSA) is 64.1 Å². The second-order valence-electron chi connectivity index (χ2n) is 4.82. The van der Waals surface area contributed by atoms with Crippen LogP contribution in [-0.2, 0) is 4.74 Å². The van der Waals surface area contributed by atoms with Gasteiger partial charge in [0.1, 0.15) is 5.39 Å². The molecule has 1 atom stereocenters. The van der Waals surface area contributed by atoms with Gasteiger partial charge in [-0.2, -0.15) is 0 Å². The number of hydrogen-bond acceptors (Lipinski definition) is 3. The van der Waals surface area contributed by atoms with E-state index in [2.05, 4.69) is 20.3 Å². The number of fused-ring (bicyclic) bond motifs is 1. The molecule has 2 aromatic heterocycles. The summed E-state index contributed by atoms with van der Waals surface area (Å²) in [5.74, 6) is 1.74. The Hall–Kier alpha value is -1.62. The molecule has 3 heterocycles. The summed E-state index contributed by atoms with van der Waals surface area (Å²) in [6.07, 6.45) is 7.27. The van der Waals surface area contributed by atoms with Crippen LogP contribution in [0.5, 0.6) is 0 Å². The van der Waals surface area contributed by atoms with Crippen LogP contribution in [0.2, 0.25) is 0 Å². The third-order valence-electron chi connectivity index (χ3n) is 3.51. The number of H-pyrrole nitrogens is 2. The lowest BCUT2D eigenvalue weighted by Crippen LogP contribution is -2.21. The molecule has 0 amide bonds. The van der Waals surface area contributed by atoms with Crippen LogP contribution < -0.4 is 10.3 Å². The Morgan fingerprint density at radius 3 is 3.44 bits per heavy atom. The summed E-state index contributed by atoms with van der Waals surface area (Å²) in [7, 11) is 0. The number of hydrogen-bond donors (Lipinski definition) is 2. The van der Waals surface area contributed by atoms with Crippen LogP contribution in [0.15, 0.2) is 18.6 Å². The van der Waals surface area contributed by atoms with E-state index in [1.165, 1.54) is 12.8 Å². The molecule has 3 rings (SSSR count). The highest BCUT2D eigenvalue weighted by Gasteiger charge is 2.15. The second-order valence-corrected chi connectivity index (χ2v) is 4.82. The van der Waals surface area contributed by atoms with Gasteiger partial charge in [0.2, 0.25) is 17.8 Å². The summed E-state index contributed by atoms with van der Waals surface area (Å²) in [6.45, 7) is 2.82. The Kier molecular flexibility index (Phi) is 3.41. The average Bonchev–Trinajstić information content (AvgIpc) is 2.89. The number of nitrogens with zero attached hydrogens (tertiary/aromatic N) is 1. The first-order valence-corrected chi connectivity index (χ1v) is 6.59. The van der Waals surface area contributed by atoms with E-state index in [0.717, 1.165) is 43.0 Å². The molecule has 0 spiro atoms. The van der Waals surface area contributed by atoms with Crippen molar-refractivity contribution in [1.29, 1.82) is 0 Å². The Labute approximate surface area is 106 Å². The number of aromatic nitrogens is 3. The van der Waals surface area contributed by atoms with Gasteiger partial charge in [0.15, 0.2) is 0 Å². The number of anilines is 1. The van der Waals surface area contributed by atoms with Crippen LogP contribution in [0.3, 0.4) is 0 Å². The van der Waals surface area contributed by atoms with Gasteiger partial charge < -0.3 is 15.0 Å². The van der Waals surface area contributed by atoms with E-state index in [1.54, 1.807) is 6.33 Å². The van der Waals surface area contributed by atoms with Crippen molar-refractivity contribution in [2.45, 2.75) is 19.3 Å². The molecule has 1 saturated heterocycles. The highest BCUT2D eigenvalue weighted by atomic mass is 16.5. The number of nitrogens with one attached hydrogen (secondary N) is 3. The summed E-state index contributed by atoms with van der Waals surface area (Å²) >= 11 is 0. The number of rotatable bonds is 4. The molecule has 1 aliphatic rings. The van der Waals surface area contributed by atoms with E-state index in [9.17, 15) is 0 Å². The predicted octanol–water partition coefficient (Wildman–Crippen LogP) is 1.61. The number of aromatic amines is 2. The van der Waals surface area contributed by atoms with Crippen LogP contribution in [0.25, 0.3) is 11.0 Å². The SMILES string of the molecule is c1cc2c(NCC[C@@H]3CCCOC3)[nH+]cnc2[nH]1. The molecule has 5 nitrogen and oxygen atoms in total. The first-order valence-electron chi connectivity index (χ1n) is 6.59. The fourth-order valence-corrected chi connectivity index (χ4v) is 2.49. The van der Waals surface area contributed by atoms with E-state index in [-0.39, 0.29) is 0 Å². The summed E-state index contributed by atoms with van der Waals surface area (Å²) in [4.78, 5) is 10.5. The minimum atomic E-state index is 0.704. The molecule has 0 unspecified atom stereocenters. The van der Waals surface area contributed by atoms with Crippen molar-refractivity contribution in [3.63, 3.8) is 0 Å². The van der Waals surface area contributed by atoms with Crippen LogP contribution in [0.4, 0.5) is 5.82 Å². The second kappa shape index (κ2) is 5.35. The first kappa shape index (κ1) is 11.5. The molecule has 1 aliphatic heterocycles. The fraction of sp³-hybridized carbons (Fsp3) is 0.538. The lowest BCUT2D eigenvalue weighted by Gasteiger charge is -2.21. The largest absolute Gasteiger partial charge is 0.381 e. The fourth-order valence-electron chi connectivity index (χ4n) is 2.49. The van der Waals surface area contributed by atoms with Gasteiger partial charge in [0.25, 0.3) is 0 Å². The molecule has 0 saturated carbocycles. The van der Waals surface area contributed by atoms with Crippen molar-refractivity contribution in [3.05, 3.63) is 18.6 Å². The molecule has 0 radical (unpaired) electrons. The summed E-state index contributed by atoms with van der Waals surface area (Å²) in [5.41, 5.74) is 0.914. The zero-order valence-electron chi connectivity index (χ0n) is 10.4. The summed E-state index contributed by atoms with van der Waals surface area (Å²) in [5, 5.41) is 4.56. The first-order chi connectivity index (χ1) is 8.93. The zero-order valence-corrected chi connectivity index (χ0v) is 10.4. The van der Waals surface area contributed by atoms with Gasteiger partial charge in [0.05, 0.1) is 6.54 Å². The van der Waals surface area contributed by atoms with Gasteiger partial charge >= 0.3 is 0 Å². The highest BCUT2D eigenvalue weighted by Crippen LogP contribution is 2.18. The summed E-state index contributed by atoms with van der Waals surface area (Å²) < 4.78 is 5.49. The molecule has 3 N–H and O–H groups in total. The molecule has 0 aliphatic carbocycles. The molecule has 18 heavy (non-hydrogen) atoms. The molecule has 96 valence electrons. The van der Waals surface area contributed by atoms with Crippen LogP contribution in [-0.4, -0.2) is 29.7 Å². The normalized spacial score (nSPS) is 20.1. The van der Waals surface area contributed by atoms with E-state index >= 15 is 0 Å². The molecular formula is C13H19N4O+. The van der Waals surface area contributed by atoms with Crippen LogP contribution in [0.1, 0.15) is 19.3 Å². The van der Waals surface area contributed by atoms with Gasteiger partial charge in [-0.25, -0.2) is 4.98 Å². The van der Waals surface area contributed by atoms with Crippen LogP contribution >= 0.6 is 0 Å². The maximum absolute atomic E-state index is 5.49. The standard InChI is InChI=1S/C13H18N4O/c1-2-10(8-18-7-1)3-5-14-12-11-4-6-15-13(11)17-9-16-12/h4,6,9-10H,1-3,5,7-8H2,(H2,14,15,16,17)/p+1/t10-/m0/s1. The van der Waals surface area contributed by atoms with Gasteiger partial charge in [0, 0.05) is 19.4 Å². The van der Waals surface area contributed by atoms with Gasteiger partial charge in [-0.3, -0.25) is 0 Å². The van der Waals surface area contributed by atoms with Crippen molar-refractivity contribution in [1.82, 2.24) is 9.97 Å². The molecule has 2 aromatic rings. The Bertz CT molecular complexity index is 504. The monoisotopic (exact) mass is 247 g/mol. The number of ether oxygens (including phenoxy) is 1.